The van der Waals surface area contributed by atoms with E-state index in [-0.39, 0.29) is 23.9 Å². The first kappa shape index (κ1) is 19.2. The standard InChI is InChI=1S/C20H22ClFN2OS/c1-3-13-4-5-14(8-12(13)2)18-11-26-20(23-18)24-19(25)10-15-9-16(21)6-7-17(15)22/h4-9,12-13,18H,3,10-11H2,1-2H3,(H,23,24,25). The Morgan fingerprint density at radius 3 is 3.00 bits per heavy atom. The summed E-state index contributed by atoms with van der Waals surface area (Å²) >= 11 is 7.39. The molecule has 3 unspecified atom stereocenters. The number of aliphatic imine (C=N–C) groups is 1. The highest BCUT2D eigenvalue weighted by molar-refractivity contribution is 8.14. The molecule has 6 heteroatoms. The molecule has 1 aromatic rings. The van der Waals surface area contributed by atoms with Crippen molar-refractivity contribution < 1.29 is 9.18 Å². The van der Waals surface area contributed by atoms with Crippen LogP contribution in [0.25, 0.3) is 0 Å². The van der Waals surface area contributed by atoms with Gasteiger partial charge in [-0.1, -0.05) is 55.4 Å². The molecule has 0 fully saturated rings. The van der Waals surface area contributed by atoms with Crippen LogP contribution in [-0.4, -0.2) is 22.9 Å². The number of nitrogens with zero attached hydrogens (tertiary/aromatic N) is 1. The molecule has 0 aromatic heterocycles. The van der Waals surface area contributed by atoms with Crippen molar-refractivity contribution in [2.45, 2.75) is 32.7 Å². The predicted molar refractivity (Wildman–Crippen MR) is 107 cm³/mol. The predicted octanol–water partition coefficient (Wildman–Crippen LogP) is 4.77. The maximum Gasteiger partial charge on any atom is 0.230 e. The fourth-order valence-corrected chi connectivity index (χ4v) is 4.42. The second kappa shape index (κ2) is 8.40. The summed E-state index contributed by atoms with van der Waals surface area (Å²) in [6.07, 6.45) is 7.78. The van der Waals surface area contributed by atoms with Gasteiger partial charge in [-0.3, -0.25) is 9.79 Å². The van der Waals surface area contributed by atoms with Crippen molar-refractivity contribution in [2.24, 2.45) is 16.8 Å². The van der Waals surface area contributed by atoms with E-state index in [9.17, 15) is 9.18 Å². The summed E-state index contributed by atoms with van der Waals surface area (Å²) in [5, 5.41) is 3.80. The van der Waals surface area contributed by atoms with Crippen molar-refractivity contribution in [1.29, 1.82) is 0 Å². The van der Waals surface area contributed by atoms with Crippen molar-refractivity contribution >= 4 is 34.4 Å². The summed E-state index contributed by atoms with van der Waals surface area (Å²) in [5.74, 6) is 1.18. The first-order chi connectivity index (χ1) is 12.5. The molecule has 0 saturated carbocycles. The van der Waals surface area contributed by atoms with E-state index >= 15 is 0 Å². The largest absolute Gasteiger partial charge is 0.305 e. The number of halogens is 2. The Bertz CT molecular complexity index is 790. The Labute approximate surface area is 162 Å². The summed E-state index contributed by atoms with van der Waals surface area (Å²) in [4.78, 5) is 16.8. The molecule has 3 rings (SSSR count). The number of allylic oxidation sites excluding steroid dienone is 2. The molecule has 0 bridgehead atoms. The second-order valence-electron chi connectivity index (χ2n) is 6.68. The van der Waals surface area contributed by atoms with Crippen LogP contribution >= 0.6 is 23.4 Å². The third kappa shape index (κ3) is 4.57. The maximum atomic E-state index is 13.8. The third-order valence-electron chi connectivity index (χ3n) is 4.78. The molecule has 0 spiro atoms. The number of rotatable bonds is 4. The van der Waals surface area contributed by atoms with Crippen molar-refractivity contribution in [3.63, 3.8) is 0 Å². The van der Waals surface area contributed by atoms with E-state index in [2.05, 4.69) is 42.4 Å². The van der Waals surface area contributed by atoms with Crippen LogP contribution < -0.4 is 5.32 Å². The number of carbonyl (C=O) groups is 1. The summed E-state index contributed by atoms with van der Waals surface area (Å²) in [6, 6.07) is 4.28. The first-order valence-electron chi connectivity index (χ1n) is 8.80. The van der Waals surface area contributed by atoms with Gasteiger partial charge in [-0.2, -0.15) is 0 Å². The van der Waals surface area contributed by atoms with E-state index in [1.54, 1.807) is 0 Å². The fraction of sp³-hybridized carbons (Fsp3) is 0.400. The average Bonchev–Trinajstić information content (AvgIpc) is 3.06. The van der Waals surface area contributed by atoms with Gasteiger partial charge in [-0.05, 0) is 47.6 Å². The lowest BCUT2D eigenvalue weighted by Crippen LogP contribution is -2.29. The number of hydrogen-bond acceptors (Lipinski definition) is 3. The van der Waals surface area contributed by atoms with Crippen LogP contribution in [0.5, 0.6) is 0 Å². The molecule has 3 nitrogen and oxygen atoms in total. The van der Waals surface area contributed by atoms with Gasteiger partial charge in [0.1, 0.15) is 5.82 Å². The van der Waals surface area contributed by atoms with E-state index in [1.807, 2.05) is 0 Å². The van der Waals surface area contributed by atoms with Crippen LogP contribution in [0.15, 0.2) is 47.0 Å². The van der Waals surface area contributed by atoms with Crippen LogP contribution in [0, 0.1) is 17.7 Å². The average molecular weight is 393 g/mol. The van der Waals surface area contributed by atoms with Crippen LogP contribution in [0.1, 0.15) is 25.8 Å². The third-order valence-corrected chi connectivity index (χ3v) is 5.98. The number of thioether (sulfide) groups is 1. The monoisotopic (exact) mass is 392 g/mol. The zero-order valence-corrected chi connectivity index (χ0v) is 16.4. The van der Waals surface area contributed by atoms with Crippen molar-refractivity contribution in [3.05, 3.63) is 58.4 Å². The normalized spacial score (nSPS) is 25.0. The quantitative estimate of drug-likeness (QED) is 0.802. The number of carbonyl (C=O) groups excluding carboxylic acids is 1. The van der Waals surface area contributed by atoms with E-state index in [0.29, 0.717) is 22.0 Å². The molecule has 138 valence electrons. The zero-order valence-electron chi connectivity index (χ0n) is 14.8. The minimum atomic E-state index is -0.430. The minimum Gasteiger partial charge on any atom is -0.305 e. The smallest absolute Gasteiger partial charge is 0.230 e. The molecule has 2 aliphatic rings. The summed E-state index contributed by atoms with van der Waals surface area (Å²) < 4.78 is 13.8. The van der Waals surface area contributed by atoms with Gasteiger partial charge in [0.2, 0.25) is 5.91 Å². The number of amidine groups is 1. The Morgan fingerprint density at radius 2 is 2.27 bits per heavy atom. The molecule has 1 aromatic carbocycles. The van der Waals surface area contributed by atoms with E-state index in [4.69, 9.17) is 11.6 Å². The molecule has 1 aliphatic carbocycles. The van der Waals surface area contributed by atoms with Gasteiger partial charge in [0.05, 0.1) is 12.5 Å². The molecular weight excluding hydrogens is 371 g/mol. The molecule has 1 amide bonds. The number of hydrogen-bond donors (Lipinski definition) is 1. The Morgan fingerprint density at radius 1 is 1.46 bits per heavy atom. The van der Waals surface area contributed by atoms with Gasteiger partial charge >= 0.3 is 0 Å². The fourth-order valence-electron chi connectivity index (χ4n) is 3.25. The summed E-state index contributed by atoms with van der Waals surface area (Å²) in [6.45, 7) is 4.43. The second-order valence-corrected chi connectivity index (χ2v) is 8.12. The Balaban J connectivity index is 1.61. The number of benzene rings is 1. The first-order valence-corrected chi connectivity index (χ1v) is 10.2. The van der Waals surface area contributed by atoms with Gasteiger partial charge in [-0.25, -0.2) is 4.39 Å². The lowest BCUT2D eigenvalue weighted by atomic mass is 9.84. The lowest BCUT2D eigenvalue weighted by molar-refractivity contribution is -0.119. The zero-order chi connectivity index (χ0) is 18.7. The molecule has 26 heavy (non-hydrogen) atoms. The van der Waals surface area contributed by atoms with Gasteiger partial charge in [0.15, 0.2) is 5.17 Å². The maximum absolute atomic E-state index is 13.8. The number of amides is 1. The molecule has 0 radical (unpaired) electrons. The van der Waals surface area contributed by atoms with E-state index in [0.717, 1.165) is 12.2 Å². The van der Waals surface area contributed by atoms with Crippen molar-refractivity contribution in [3.8, 4) is 0 Å². The topological polar surface area (TPSA) is 41.5 Å². The summed E-state index contributed by atoms with van der Waals surface area (Å²) in [7, 11) is 0. The molecule has 3 atom stereocenters. The molecule has 0 saturated heterocycles. The Kier molecular flexibility index (Phi) is 6.20. The lowest BCUT2D eigenvalue weighted by Gasteiger charge is -2.23. The van der Waals surface area contributed by atoms with E-state index in [1.165, 1.54) is 35.5 Å². The SMILES string of the molecule is CCC1C=CC(C2CSC(NC(=O)Cc3cc(Cl)ccc3F)=N2)=CC1C. The van der Waals surface area contributed by atoms with E-state index < -0.39 is 5.82 Å². The highest BCUT2D eigenvalue weighted by Gasteiger charge is 2.25. The highest BCUT2D eigenvalue weighted by Crippen LogP contribution is 2.31. The van der Waals surface area contributed by atoms with Crippen LogP contribution in [0.2, 0.25) is 5.02 Å². The van der Waals surface area contributed by atoms with Gasteiger partial charge in [0.25, 0.3) is 0 Å². The van der Waals surface area contributed by atoms with Gasteiger partial charge in [0, 0.05) is 10.8 Å². The summed E-state index contributed by atoms with van der Waals surface area (Å²) in [5.41, 5.74) is 1.49. The molecular formula is C20H22ClFN2OS. The molecule has 1 aliphatic heterocycles. The number of nitrogens with one attached hydrogen (secondary N) is 1. The van der Waals surface area contributed by atoms with Crippen LogP contribution in [-0.2, 0) is 11.2 Å². The van der Waals surface area contributed by atoms with Crippen LogP contribution in [0.3, 0.4) is 0 Å². The molecule has 1 N–H and O–H groups in total. The molecule has 1 heterocycles. The Hall–Kier alpha value is -1.59. The van der Waals surface area contributed by atoms with Crippen molar-refractivity contribution in [1.82, 2.24) is 5.32 Å². The van der Waals surface area contributed by atoms with Gasteiger partial charge < -0.3 is 5.32 Å². The van der Waals surface area contributed by atoms with Crippen molar-refractivity contribution in [2.75, 3.05) is 5.75 Å². The minimum absolute atomic E-state index is 0.0611. The van der Waals surface area contributed by atoms with Gasteiger partial charge in [-0.15, -0.1) is 0 Å². The highest BCUT2D eigenvalue weighted by atomic mass is 35.5. The van der Waals surface area contributed by atoms with Crippen LogP contribution in [0.4, 0.5) is 4.39 Å².